The number of aromatic amines is 1. The standard InChI is InChI=1S/C14H11N3OS/c18-14(17-16-9-11-4-2-8-19-11)12-5-1-3-10-6-7-15-13(10)12/h1-9,15H,(H,17,18)/b16-9-. The molecule has 2 heterocycles. The van der Waals surface area contributed by atoms with Crippen molar-refractivity contribution in [2.45, 2.75) is 0 Å². The highest BCUT2D eigenvalue weighted by atomic mass is 32.1. The lowest BCUT2D eigenvalue weighted by Crippen LogP contribution is -2.17. The summed E-state index contributed by atoms with van der Waals surface area (Å²) in [5.41, 5.74) is 3.95. The molecule has 0 radical (unpaired) electrons. The third-order valence-corrected chi connectivity index (χ3v) is 3.54. The SMILES string of the molecule is O=C(N/N=C\c1cccs1)c1cccc2cc[nH]c12. The molecular weight excluding hydrogens is 258 g/mol. The highest BCUT2D eigenvalue weighted by molar-refractivity contribution is 7.11. The van der Waals surface area contributed by atoms with E-state index in [0.29, 0.717) is 5.56 Å². The van der Waals surface area contributed by atoms with Gasteiger partial charge in [0.15, 0.2) is 0 Å². The van der Waals surface area contributed by atoms with Gasteiger partial charge in [-0.1, -0.05) is 18.2 Å². The molecule has 3 aromatic rings. The quantitative estimate of drug-likeness (QED) is 0.557. The summed E-state index contributed by atoms with van der Waals surface area (Å²) in [6, 6.07) is 11.4. The van der Waals surface area contributed by atoms with Crippen LogP contribution < -0.4 is 5.43 Å². The Labute approximate surface area is 113 Å². The lowest BCUT2D eigenvalue weighted by atomic mass is 10.1. The number of H-pyrrole nitrogens is 1. The number of hydrogen-bond donors (Lipinski definition) is 2. The number of hydrazone groups is 1. The van der Waals surface area contributed by atoms with Crippen LogP contribution in [-0.4, -0.2) is 17.1 Å². The summed E-state index contributed by atoms with van der Waals surface area (Å²) in [7, 11) is 0. The number of carbonyl (C=O) groups excluding carboxylic acids is 1. The molecule has 94 valence electrons. The molecule has 0 aliphatic rings. The number of carbonyl (C=O) groups is 1. The molecule has 5 heteroatoms. The van der Waals surface area contributed by atoms with E-state index in [-0.39, 0.29) is 5.91 Å². The topological polar surface area (TPSA) is 57.2 Å². The van der Waals surface area contributed by atoms with Gasteiger partial charge in [-0.15, -0.1) is 11.3 Å². The molecule has 0 bridgehead atoms. The molecule has 0 spiro atoms. The van der Waals surface area contributed by atoms with Crippen LogP contribution in [0.4, 0.5) is 0 Å². The summed E-state index contributed by atoms with van der Waals surface area (Å²) in [6.07, 6.45) is 3.45. The van der Waals surface area contributed by atoms with Crippen molar-refractivity contribution in [3.63, 3.8) is 0 Å². The van der Waals surface area contributed by atoms with Crippen LogP contribution in [0.15, 0.2) is 53.1 Å². The maximum Gasteiger partial charge on any atom is 0.273 e. The Kier molecular flexibility index (Phi) is 3.12. The maximum atomic E-state index is 12.0. The molecule has 4 nitrogen and oxygen atoms in total. The minimum absolute atomic E-state index is 0.221. The minimum atomic E-state index is -0.221. The summed E-state index contributed by atoms with van der Waals surface area (Å²) < 4.78 is 0. The Morgan fingerprint density at radius 3 is 3.05 bits per heavy atom. The van der Waals surface area contributed by atoms with Gasteiger partial charge in [0.1, 0.15) is 0 Å². The Morgan fingerprint density at radius 1 is 1.26 bits per heavy atom. The van der Waals surface area contributed by atoms with Crippen molar-refractivity contribution in [2.75, 3.05) is 0 Å². The highest BCUT2D eigenvalue weighted by Crippen LogP contribution is 2.16. The van der Waals surface area contributed by atoms with Gasteiger partial charge in [-0.2, -0.15) is 5.10 Å². The first kappa shape index (κ1) is 11.7. The van der Waals surface area contributed by atoms with Crippen molar-refractivity contribution in [3.05, 3.63) is 58.4 Å². The molecule has 1 amide bonds. The molecule has 0 saturated carbocycles. The predicted molar refractivity (Wildman–Crippen MR) is 77.7 cm³/mol. The van der Waals surface area contributed by atoms with Crippen LogP contribution in [0, 0.1) is 0 Å². The van der Waals surface area contributed by atoms with Gasteiger partial charge >= 0.3 is 0 Å². The first-order valence-corrected chi connectivity index (χ1v) is 6.65. The highest BCUT2D eigenvalue weighted by Gasteiger charge is 2.09. The van der Waals surface area contributed by atoms with Crippen molar-refractivity contribution in [3.8, 4) is 0 Å². The Hall–Kier alpha value is -2.40. The molecule has 19 heavy (non-hydrogen) atoms. The summed E-state index contributed by atoms with van der Waals surface area (Å²) in [5, 5.41) is 6.92. The van der Waals surface area contributed by atoms with Crippen molar-refractivity contribution in [2.24, 2.45) is 5.10 Å². The number of amides is 1. The average molecular weight is 269 g/mol. The normalized spacial score (nSPS) is 11.2. The molecule has 2 aromatic heterocycles. The van der Waals surface area contributed by atoms with E-state index in [4.69, 9.17) is 0 Å². The Morgan fingerprint density at radius 2 is 2.21 bits per heavy atom. The molecule has 0 unspecified atom stereocenters. The number of aromatic nitrogens is 1. The lowest BCUT2D eigenvalue weighted by molar-refractivity contribution is 0.0956. The molecular formula is C14H11N3OS. The van der Waals surface area contributed by atoms with E-state index in [1.807, 2.05) is 41.9 Å². The van der Waals surface area contributed by atoms with E-state index in [1.165, 1.54) is 0 Å². The number of hydrogen-bond acceptors (Lipinski definition) is 3. The number of nitrogens with one attached hydrogen (secondary N) is 2. The van der Waals surface area contributed by atoms with E-state index >= 15 is 0 Å². The van der Waals surface area contributed by atoms with Crippen molar-refractivity contribution < 1.29 is 4.79 Å². The number of nitrogens with zero attached hydrogens (tertiary/aromatic N) is 1. The maximum absolute atomic E-state index is 12.0. The average Bonchev–Trinajstić information content (AvgIpc) is 3.08. The second-order valence-corrected chi connectivity index (χ2v) is 4.94. The van der Waals surface area contributed by atoms with E-state index in [2.05, 4.69) is 15.5 Å². The molecule has 3 rings (SSSR count). The first-order chi connectivity index (χ1) is 9.34. The predicted octanol–water partition coefficient (Wildman–Crippen LogP) is 2.99. The number of thiophene rings is 1. The van der Waals surface area contributed by atoms with Crippen LogP contribution in [0.5, 0.6) is 0 Å². The number of fused-ring (bicyclic) bond motifs is 1. The zero-order valence-electron chi connectivity index (χ0n) is 9.96. The summed E-state index contributed by atoms with van der Waals surface area (Å²) >= 11 is 1.57. The Balaban J connectivity index is 1.79. The van der Waals surface area contributed by atoms with Gasteiger partial charge in [0, 0.05) is 16.5 Å². The smallest absolute Gasteiger partial charge is 0.273 e. The molecule has 0 aliphatic carbocycles. The van der Waals surface area contributed by atoms with Gasteiger partial charge in [-0.05, 0) is 23.6 Å². The van der Waals surface area contributed by atoms with E-state index in [1.54, 1.807) is 23.6 Å². The number of rotatable bonds is 3. The second kappa shape index (κ2) is 5.07. The minimum Gasteiger partial charge on any atom is -0.361 e. The van der Waals surface area contributed by atoms with Gasteiger partial charge in [-0.25, -0.2) is 5.43 Å². The monoisotopic (exact) mass is 269 g/mol. The van der Waals surface area contributed by atoms with Crippen molar-refractivity contribution in [1.82, 2.24) is 10.4 Å². The third kappa shape index (κ3) is 2.41. The van der Waals surface area contributed by atoms with Crippen molar-refractivity contribution in [1.29, 1.82) is 0 Å². The van der Waals surface area contributed by atoms with E-state index in [9.17, 15) is 4.79 Å². The molecule has 0 atom stereocenters. The van der Waals surface area contributed by atoms with E-state index in [0.717, 1.165) is 15.8 Å². The second-order valence-electron chi connectivity index (χ2n) is 3.96. The number of benzene rings is 1. The van der Waals surface area contributed by atoms with Crippen LogP contribution in [0.3, 0.4) is 0 Å². The van der Waals surface area contributed by atoms with Gasteiger partial charge in [-0.3, -0.25) is 4.79 Å². The first-order valence-electron chi connectivity index (χ1n) is 5.77. The van der Waals surface area contributed by atoms with Gasteiger partial charge in [0.25, 0.3) is 5.91 Å². The molecule has 0 aliphatic heterocycles. The van der Waals surface area contributed by atoms with Crippen LogP contribution in [-0.2, 0) is 0 Å². The largest absolute Gasteiger partial charge is 0.361 e. The third-order valence-electron chi connectivity index (χ3n) is 2.73. The summed E-state index contributed by atoms with van der Waals surface area (Å²) in [4.78, 5) is 16.1. The zero-order valence-corrected chi connectivity index (χ0v) is 10.8. The molecule has 1 aromatic carbocycles. The zero-order chi connectivity index (χ0) is 13.1. The molecule has 2 N–H and O–H groups in total. The fourth-order valence-corrected chi connectivity index (χ4v) is 2.44. The van der Waals surface area contributed by atoms with Gasteiger partial charge in [0.2, 0.25) is 0 Å². The van der Waals surface area contributed by atoms with Crippen LogP contribution in [0.1, 0.15) is 15.2 Å². The van der Waals surface area contributed by atoms with Crippen LogP contribution in [0.2, 0.25) is 0 Å². The fourth-order valence-electron chi connectivity index (χ4n) is 1.85. The Bertz CT molecular complexity index is 728. The van der Waals surface area contributed by atoms with Gasteiger partial charge in [0.05, 0.1) is 17.3 Å². The summed E-state index contributed by atoms with van der Waals surface area (Å²) in [5.74, 6) is -0.221. The number of para-hydroxylation sites is 1. The van der Waals surface area contributed by atoms with E-state index < -0.39 is 0 Å². The summed E-state index contributed by atoms with van der Waals surface area (Å²) in [6.45, 7) is 0. The van der Waals surface area contributed by atoms with Crippen molar-refractivity contribution >= 4 is 34.4 Å². The van der Waals surface area contributed by atoms with Gasteiger partial charge < -0.3 is 4.98 Å². The lowest BCUT2D eigenvalue weighted by Gasteiger charge is -2.01. The van der Waals surface area contributed by atoms with Crippen LogP contribution >= 0.6 is 11.3 Å². The molecule has 0 fully saturated rings. The van der Waals surface area contributed by atoms with Crippen LogP contribution in [0.25, 0.3) is 10.9 Å². The molecule has 0 saturated heterocycles. The fraction of sp³-hybridized carbons (Fsp3) is 0.